The number of hydrogen-bond donors (Lipinski definition) is 1. The molecule has 2 atom stereocenters. The van der Waals surface area contributed by atoms with E-state index in [0.717, 1.165) is 31.3 Å². The lowest BCUT2D eigenvalue weighted by Crippen LogP contribution is -2.42. The van der Waals surface area contributed by atoms with Crippen molar-refractivity contribution in [2.45, 2.75) is 38.3 Å². The van der Waals surface area contributed by atoms with E-state index in [9.17, 15) is 0 Å². The second-order valence-corrected chi connectivity index (χ2v) is 6.24. The van der Waals surface area contributed by atoms with Crippen LogP contribution in [-0.2, 0) is 11.2 Å². The van der Waals surface area contributed by atoms with E-state index in [1.165, 1.54) is 30.4 Å². The summed E-state index contributed by atoms with van der Waals surface area (Å²) in [6, 6.07) is 9.39. The van der Waals surface area contributed by atoms with Crippen LogP contribution in [0.3, 0.4) is 0 Å². The third-order valence-electron chi connectivity index (χ3n) is 4.78. The van der Waals surface area contributed by atoms with Gasteiger partial charge in [0.15, 0.2) is 5.82 Å². The lowest BCUT2D eigenvalue weighted by molar-refractivity contribution is -0.0516. The van der Waals surface area contributed by atoms with Gasteiger partial charge in [0.25, 0.3) is 0 Å². The van der Waals surface area contributed by atoms with Gasteiger partial charge in [0.1, 0.15) is 11.9 Å². The minimum absolute atomic E-state index is 0.0206. The molecular formula is C17H22N4O. The quantitative estimate of drug-likeness (QED) is 0.926. The highest BCUT2D eigenvalue weighted by molar-refractivity contribution is 5.32. The summed E-state index contributed by atoms with van der Waals surface area (Å²) in [5.74, 6) is 1.63. The number of aromatic nitrogens is 3. The Morgan fingerprint density at radius 3 is 3.09 bits per heavy atom. The van der Waals surface area contributed by atoms with Crippen LogP contribution >= 0.6 is 0 Å². The summed E-state index contributed by atoms with van der Waals surface area (Å²) < 4.78 is 5.90. The van der Waals surface area contributed by atoms with Crippen LogP contribution in [0.5, 0.6) is 0 Å². The highest BCUT2D eigenvalue weighted by Gasteiger charge is 2.32. The van der Waals surface area contributed by atoms with E-state index >= 15 is 0 Å². The monoisotopic (exact) mass is 298 g/mol. The van der Waals surface area contributed by atoms with E-state index in [1.54, 1.807) is 0 Å². The largest absolute Gasteiger partial charge is 0.367 e. The van der Waals surface area contributed by atoms with Crippen molar-refractivity contribution in [3.8, 4) is 0 Å². The summed E-state index contributed by atoms with van der Waals surface area (Å²) in [5.41, 5.74) is 3.01. The third kappa shape index (κ3) is 2.55. The van der Waals surface area contributed by atoms with Gasteiger partial charge in [0, 0.05) is 19.1 Å². The van der Waals surface area contributed by atoms with Gasteiger partial charge >= 0.3 is 0 Å². The fourth-order valence-corrected chi connectivity index (χ4v) is 3.72. The maximum absolute atomic E-state index is 5.90. The lowest BCUT2D eigenvalue weighted by atomic mass is 9.86. The summed E-state index contributed by atoms with van der Waals surface area (Å²) in [7, 11) is 0. The fourth-order valence-electron chi connectivity index (χ4n) is 3.72. The number of nitrogens with one attached hydrogen (secondary N) is 1. The maximum atomic E-state index is 5.90. The van der Waals surface area contributed by atoms with Crippen LogP contribution in [-0.4, -0.2) is 39.8 Å². The van der Waals surface area contributed by atoms with Crippen molar-refractivity contribution < 1.29 is 4.74 Å². The molecule has 1 fully saturated rings. The van der Waals surface area contributed by atoms with Crippen molar-refractivity contribution in [1.82, 2.24) is 20.1 Å². The molecule has 1 aliphatic heterocycles. The number of fused-ring (bicyclic) bond motifs is 1. The predicted molar refractivity (Wildman–Crippen MR) is 83.5 cm³/mol. The number of benzene rings is 1. The second-order valence-electron chi connectivity index (χ2n) is 6.24. The Balaban J connectivity index is 1.56. The molecule has 5 nitrogen and oxygen atoms in total. The van der Waals surface area contributed by atoms with Gasteiger partial charge in [-0.3, -0.25) is 10.00 Å². The van der Waals surface area contributed by atoms with Gasteiger partial charge in [0.05, 0.1) is 6.61 Å². The smallest absolute Gasteiger partial charge is 0.180 e. The van der Waals surface area contributed by atoms with Gasteiger partial charge in [-0.15, -0.1) is 0 Å². The van der Waals surface area contributed by atoms with Crippen LogP contribution in [0.15, 0.2) is 24.3 Å². The molecule has 1 N–H and O–H groups in total. The number of morpholine rings is 1. The van der Waals surface area contributed by atoms with E-state index in [-0.39, 0.29) is 6.10 Å². The first kappa shape index (κ1) is 13.9. The van der Waals surface area contributed by atoms with E-state index < -0.39 is 0 Å². The molecule has 0 spiro atoms. The molecule has 2 aromatic rings. The highest BCUT2D eigenvalue weighted by atomic mass is 16.5. The van der Waals surface area contributed by atoms with Crippen molar-refractivity contribution in [1.29, 1.82) is 0 Å². The Bertz CT molecular complexity index is 654. The minimum atomic E-state index is -0.0206. The SMILES string of the molecule is Cc1nc([C@@H]2CN([C@H]3CCCc4ccccc43)CCO2)n[nH]1. The van der Waals surface area contributed by atoms with Crippen molar-refractivity contribution in [3.05, 3.63) is 47.0 Å². The lowest BCUT2D eigenvalue weighted by Gasteiger charge is -2.40. The number of H-pyrrole nitrogens is 1. The number of hydrogen-bond acceptors (Lipinski definition) is 4. The number of nitrogens with zero attached hydrogens (tertiary/aromatic N) is 3. The zero-order valence-corrected chi connectivity index (χ0v) is 13.0. The summed E-state index contributed by atoms with van der Waals surface area (Å²) in [6.07, 6.45) is 3.69. The Morgan fingerprint density at radius 1 is 1.32 bits per heavy atom. The molecule has 22 heavy (non-hydrogen) atoms. The van der Waals surface area contributed by atoms with Crippen LogP contribution in [0.2, 0.25) is 0 Å². The molecule has 1 aromatic carbocycles. The predicted octanol–water partition coefficient (Wildman–Crippen LogP) is 2.56. The minimum Gasteiger partial charge on any atom is -0.367 e. The summed E-state index contributed by atoms with van der Waals surface area (Å²) in [5, 5.41) is 7.19. The molecule has 2 heterocycles. The molecule has 1 saturated heterocycles. The normalized spacial score (nSPS) is 25.9. The van der Waals surface area contributed by atoms with E-state index in [0.29, 0.717) is 6.04 Å². The summed E-state index contributed by atoms with van der Waals surface area (Å²) >= 11 is 0. The van der Waals surface area contributed by atoms with Crippen molar-refractivity contribution in [2.75, 3.05) is 19.7 Å². The molecule has 4 rings (SSSR count). The fraction of sp³-hybridized carbons (Fsp3) is 0.529. The van der Waals surface area contributed by atoms with E-state index in [1.807, 2.05) is 6.92 Å². The van der Waals surface area contributed by atoms with Crippen molar-refractivity contribution in [3.63, 3.8) is 0 Å². The Kier molecular flexibility index (Phi) is 3.68. The maximum Gasteiger partial charge on any atom is 0.180 e. The van der Waals surface area contributed by atoms with Gasteiger partial charge in [-0.1, -0.05) is 24.3 Å². The third-order valence-corrected chi connectivity index (χ3v) is 4.78. The standard InChI is InChI=1S/C17H22N4O/c1-12-18-17(20-19-12)16-11-21(9-10-22-16)15-8-4-6-13-5-2-3-7-14(13)15/h2-3,5,7,15-16H,4,6,8-11H2,1H3,(H,18,19,20)/t15-,16-/m0/s1. The van der Waals surface area contributed by atoms with Gasteiger partial charge in [0.2, 0.25) is 0 Å². The Hall–Kier alpha value is -1.72. The molecule has 1 aromatic heterocycles. The zero-order valence-electron chi connectivity index (χ0n) is 13.0. The summed E-state index contributed by atoms with van der Waals surface area (Å²) in [4.78, 5) is 6.99. The molecule has 2 aliphatic rings. The van der Waals surface area contributed by atoms with Crippen LogP contribution in [0.1, 0.15) is 47.8 Å². The van der Waals surface area contributed by atoms with Crippen molar-refractivity contribution >= 4 is 0 Å². The van der Waals surface area contributed by atoms with Crippen LogP contribution in [0.4, 0.5) is 0 Å². The van der Waals surface area contributed by atoms with Gasteiger partial charge in [-0.05, 0) is 37.3 Å². The first-order valence-corrected chi connectivity index (χ1v) is 8.13. The molecule has 0 radical (unpaired) electrons. The summed E-state index contributed by atoms with van der Waals surface area (Å²) in [6.45, 7) is 4.53. The van der Waals surface area contributed by atoms with Gasteiger partial charge in [-0.25, -0.2) is 4.98 Å². The first-order chi connectivity index (χ1) is 10.8. The molecule has 0 saturated carbocycles. The molecule has 5 heteroatoms. The number of ether oxygens (including phenoxy) is 1. The van der Waals surface area contributed by atoms with Gasteiger partial charge in [-0.2, -0.15) is 5.10 Å². The topological polar surface area (TPSA) is 54.0 Å². The second kappa shape index (κ2) is 5.82. The van der Waals surface area contributed by atoms with Gasteiger partial charge < -0.3 is 4.74 Å². The average molecular weight is 298 g/mol. The first-order valence-electron chi connectivity index (χ1n) is 8.13. The average Bonchev–Trinajstić information content (AvgIpc) is 3.01. The van der Waals surface area contributed by atoms with E-state index in [4.69, 9.17) is 4.74 Å². The molecular weight excluding hydrogens is 276 g/mol. The van der Waals surface area contributed by atoms with Crippen molar-refractivity contribution in [2.24, 2.45) is 0 Å². The Morgan fingerprint density at radius 2 is 2.23 bits per heavy atom. The molecule has 0 amide bonds. The number of rotatable bonds is 2. The molecule has 1 aliphatic carbocycles. The van der Waals surface area contributed by atoms with Crippen LogP contribution in [0, 0.1) is 6.92 Å². The zero-order chi connectivity index (χ0) is 14.9. The van der Waals surface area contributed by atoms with Crippen LogP contribution < -0.4 is 0 Å². The van der Waals surface area contributed by atoms with Crippen LogP contribution in [0.25, 0.3) is 0 Å². The number of aromatic amines is 1. The number of aryl methyl sites for hydroxylation is 2. The molecule has 0 bridgehead atoms. The van der Waals surface area contributed by atoms with E-state index in [2.05, 4.69) is 44.3 Å². The Labute approximate surface area is 130 Å². The highest BCUT2D eigenvalue weighted by Crippen LogP contribution is 2.36. The molecule has 0 unspecified atom stereocenters. The molecule has 116 valence electrons.